The zero-order valence-corrected chi connectivity index (χ0v) is 43.5. The van der Waals surface area contributed by atoms with E-state index in [0.717, 1.165) is 66.9 Å². The molecule has 1 aliphatic heterocycles. The number of pyridine rings is 1. The van der Waals surface area contributed by atoms with Crippen molar-refractivity contribution in [2.24, 2.45) is 0 Å². The molecule has 12 rings (SSSR count). The summed E-state index contributed by atoms with van der Waals surface area (Å²) in [6.07, 6.45) is 9.89. The zero-order valence-electron chi connectivity index (χ0n) is 41.2. The first-order chi connectivity index (χ1) is 35.2. The molecule has 73 heavy (non-hydrogen) atoms. The number of para-hydroxylation sites is 1. The first kappa shape index (κ1) is 47.3. The first-order valence-corrected chi connectivity index (χ1v) is 24.7. The molecule has 0 atom stereocenters. The van der Waals surface area contributed by atoms with Crippen LogP contribution in [0.2, 0.25) is 0 Å². The molecule has 0 unspecified atom stereocenters. The topological polar surface area (TPSA) is 33.5 Å². The number of aromatic nitrogens is 2. The maximum Gasteiger partial charge on any atom is 0.143 e. The summed E-state index contributed by atoms with van der Waals surface area (Å²) < 4.78 is 9.04. The van der Waals surface area contributed by atoms with Crippen molar-refractivity contribution in [3.8, 4) is 39.4 Å². The fourth-order valence-electron chi connectivity index (χ4n) is 10.4. The maximum atomic E-state index is 6.88. The molecule has 3 heterocycles. The van der Waals surface area contributed by atoms with E-state index in [1.54, 1.807) is 0 Å². The zero-order chi connectivity index (χ0) is 48.8. The third kappa shape index (κ3) is 8.93. The number of fused-ring (bicyclic) bond motifs is 4. The Morgan fingerprint density at radius 3 is 1.82 bits per heavy atom. The van der Waals surface area contributed by atoms with Gasteiger partial charge in [-0.25, -0.2) is 4.98 Å². The molecule has 0 saturated carbocycles. The van der Waals surface area contributed by atoms with Gasteiger partial charge in [0.15, 0.2) is 0 Å². The number of benzene rings is 8. The minimum atomic E-state index is -0.312. The Morgan fingerprint density at radius 1 is 0.493 bits per heavy atom. The van der Waals surface area contributed by atoms with Crippen molar-refractivity contribution in [3.05, 3.63) is 277 Å². The molecule has 5 nitrogen and oxygen atoms in total. The number of ether oxygens (including phenoxy) is 1. The molecule has 6 heteroatoms. The quantitative estimate of drug-likeness (QED) is 0.121. The van der Waals surface area contributed by atoms with Crippen LogP contribution in [0.5, 0.6) is 11.5 Å². The molecule has 0 N–H and O–H groups in total. The van der Waals surface area contributed by atoms with E-state index in [0.29, 0.717) is 17.9 Å². The first-order valence-electron chi connectivity index (χ1n) is 24.7. The van der Waals surface area contributed by atoms with E-state index in [-0.39, 0.29) is 31.9 Å². The number of anilines is 3. The number of nitrogens with zero attached hydrogens (tertiary/aromatic N) is 4. The van der Waals surface area contributed by atoms with Gasteiger partial charge < -0.3 is 19.1 Å². The third-order valence-corrected chi connectivity index (χ3v) is 14.6. The Hall–Kier alpha value is -7.98. The molecule has 1 aliphatic carbocycles. The summed E-state index contributed by atoms with van der Waals surface area (Å²) in [5, 5.41) is 2.23. The molecule has 0 bridgehead atoms. The molecule has 10 aromatic rings. The Bertz CT molecular complexity index is 3670. The maximum absolute atomic E-state index is 6.88. The van der Waals surface area contributed by atoms with Crippen LogP contribution >= 0.6 is 0 Å². The van der Waals surface area contributed by atoms with Crippen molar-refractivity contribution in [2.75, 3.05) is 9.80 Å². The largest absolute Gasteiger partial charge is 0.509 e. The standard InChI is InChI=1S/C67H53N4O.Pt/c1-66(2,51-25-13-7-14-26-51)53-35-36-55(43-54(42-53)67(3,4)52-27-15-8-16-28-52)69-46-70(63-37-34-49(41-64(63)69)47-21-9-5-10-22-47)57-39-50(48-23-11-6-12-24-48)40-59(45-57)72-58-30-19-29-56(44-58)71-62-33-18-17-31-60(62)61-32-20-38-68-65(61)71;/h5-35,37-43,46H,36H2,1-4H3;/q-3;. The van der Waals surface area contributed by atoms with Gasteiger partial charge in [0.05, 0.1) is 5.52 Å². The number of allylic oxidation sites excluding steroid dienone is 5. The smallest absolute Gasteiger partial charge is 0.143 e. The summed E-state index contributed by atoms with van der Waals surface area (Å²) in [6.45, 7) is 11.6. The van der Waals surface area contributed by atoms with E-state index < -0.39 is 0 Å². The van der Waals surface area contributed by atoms with E-state index in [9.17, 15) is 0 Å². The molecule has 0 spiro atoms. The Kier molecular flexibility index (Phi) is 12.7. The van der Waals surface area contributed by atoms with Crippen LogP contribution in [0, 0.1) is 18.8 Å². The van der Waals surface area contributed by atoms with Gasteiger partial charge in [-0.05, 0) is 81.1 Å². The summed E-state index contributed by atoms with van der Waals surface area (Å²) >= 11 is 0. The molecule has 360 valence electrons. The average Bonchev–Trinajstić information content (AvgIpc) is 3.88. The Balaban J connectivity index is 0.00000574. The van der Waals surface area contributed by atoms with Gasteiger partial charge in [-0.15, -0.1) is 54.3 Å². The molecule has 0 radical (unpaired) electrons. The van der Waals surface area contributed by atoms with Crippen molar-refractivity contribution in [1.82, 2.24) is 9.55 Å². The predicted molar refractivity (Wildman–Crippen MR) is 297 cm³/mol. The summed E-state index contributed by atoms with van der Waals surface area (Å²) in [4.78, 5) is 9.49. The van der Waals surface area contributed by atoms with Gasteiger partial charge in [-0.3, -0.25) is 0 Å². The van der Waals surface area contributed by atoms with Crippen molar-refractivity contribution in [1.29, 1.82) is 0 Å². The van der Waals surface area contributed by atoms with Crippen LogP contribution < -0.4 is 14.5 Å². The van der Waals surface area contributed by atoms with E-state index in [2.05, 4.69) is 267 Å². The molecular formula is C67H53N4OPt-3. The summed E-state index contributed by atoms with van der Waals surface area (Å²) in [5.74, 6) is 1.15. The minimum absolute atomic E-state index is 0. The molecule has 0 fully saturated rings. The van der Waals surface area contributed by atoms with Gasteiger partial charge in [-0.2, -0.15) is 6.07 Å². The van der Waals surface area contributed by atoms with Crippen LogP contribution in [0.4, 0.5) is 17.1 Å². The van der Waals surface area contributed by atoms with Crippen LogP contribution in [-0.2, 0) is 31.9 Å². The normalized spacial score (nSPS) is 13.7. The van der Waals surface area contributed by atoms with E-state index in [4.69, 9.17) is 9.72 Å². The van der Waals surface area contributed by atoms with E-state index in [1.165, 1.54) is 28.0 Å². The van der Waals surface area contributed by atoms with Gasteiger partial charge >= 0.3 is 0 Å². The van der Waals surface area contributed by atoms with Crippen LogP contribution in [0.15, 0.2) is 248 Å². The molecule has 2 aliphatic rings. The number of hydrogen-bond acceptors (Lipinski definition) is 4. The molecule has 0 amide bonds. The van der Waals surface area contributed by atoms with Crippen molar-refractivity contribution in [2.45, 2.75) is 44.9 Å². The third-order valence-electron chi connectivity index (χ3n) is 14.6. The monoisotopic (exact) mass is 1120 g/mol. The van der Waals surface area contributed by atoms with Crippen LogP contribution in [0.25, 0.3) is 49.9 Å². The summed E-state index contributed by atoms with van der Waals surface area (Å²) in [5.41, 5.74) is 15.8. The number of hydrogen-bond donors (Lipinski definition) is 0. The van der Waals surface area contributed by atoms with Gasteiger partial charge in [0, 0.05) is 78.2 Å². The Labute approximate surface area is 443 Å². The Morgan fingerprint density at radius 2 is 1.11 bits per heavy atom. The van der Waals surface area contributed by atoms with Crippen molar-refractivity contribution in [3.63, 3.8) is 0 Å². The fraction of sp³-hybridized carbons (Fsp3) is 0.104. The van der Waals surface area contributed by atoms with Crippen molar-refractivity contribution >= 4 is 39.0 Å². The summed E-state index contributed by atoms with van der Waals surface area (Å²) in [6, 6.07) is 79.9. The van der Waals surface area contributed by atoms with Crippen LogP contribution in [-0.4, -0.2) is 9.55 Å². The van der Waals surface area contributed by atoms with Gasteiger partial charge in [0.1, 0.15) is 5.65 Å². The van der Waals surface area contributed by atoms with Gasteiger partial charge in [-0.1, -0.05) is 191 Å². The molecule has 2 aromatic heterocycles. The molecular weight excluding hydrogens is 1070 g/mol. The minimum Gasteiger partial charge on any atom is -0.509 e. The summed E-state index contributed by atoms with van der Waals surface area (Å²) in [7, 11) is 0. The van der Waals surface area contributed by atoms with Gasteiger partial charge in [0.25, 0.3) is 0 Å². The van der Waals surface area contributed by atoms with Crippen LogP contribution in [0.3, 0.4) is 0 Å². The average molecular weight is 1130 g/mol. The van der Waals surface area contributed by atoms with Gasteiger partial charge in [0.2, 0.25) is 0 Å². The second kappa shape index (κ2) is 19.6. The van der Waals surface area contributed by atoms with E-state index >= 15 is 0 Å². The van der Waals surface area contributed by atoms with E-state index in [1.807, 2.05) is 24.4 Å². The SMILES string of the molecule is CC(C)(C1=CCC(N2[CH-]N(c3[c-]c(Oc4[c-]c(-n5c6ccccc6c6cccnc65)ccc4)cc(-c4ccccc4)c3)c3ccc(-c4ccccc4)cc32)=CC(C(C)(C)c2ccccc2)=C1)c1ccccc1.[Pt]. The predicted octanol–water partition coefficient (Wildman–Crippen LogP) is 17.1. The second-order valence-corrected chi connectivity index (χ2v) is 19.7. The molecule has 8 aromatic carbocycles. The molecule has 0 saturated heterocycles. The number of rotatable bonds is 11. The van der Waals surface area contributed by atoms with Crippen LogP contribution in [0.1, 0.15) is 45.2 Å². The second-order valence-electron chi connectivity index (χ2n) is 19.7. The van der Waals surface area contributed by atoms with Crippen molar-refractivity contribution < 1.29 is 25.8 Å². The fourth-order valence-corrected chi connectivity index (χ4v) is 10.4.